The molecule has 0 aromatic rings. The molecule has 1 aliphatic heterocycles. The van der Waals surface area contributed by atoms with Crippen LogP contribution in [0.3, 0.4) is 0 Å². The van der Waals surface area contributed by atoms with E-state index in [1.807, 2.05) is 11.8 Å². The minimum Gasteiger partial charge on any atom is -0.338 e. The van der Waals surface area contributed by atoms with Gasteiger partial charge in [-0.15, -0.1) is 0 Å². The molecule has 0 spiro atoms. The molecule has 4 nitrogen and oxygen atoms in total. The third-order valence-corrected chi connectivity index (χ3v) is 5.85. The normalized spacial score (nSPS) is 27.5. The monoisotopic (exact) mass is 273 g/mol. The van der Waals surface area contributed by atoms with E-state index in [1.165, 1.54) is 0 Å². The van der Waals surface area contributed by atoms with Gasteiger partial charge < -0.3 is 4.90 Å². The van der Waals surface area contributed by atoms with Crippen molar-refractivity contribution in [3.63, 3.8) is 0 Å². The summed E-state index contributed by atoms with van der Waals surface area (Å²) in [6.45, 7) is 2.74. The highest BCUT2D eigenvalue weighted by molar-refractivity contribution is 7.91. The lowest BCUT2D eigenvalue weighted by Crippen LogP contribution is -2.44. The number of carbonyl (C=O) groups excluding carboxylic acids is 1. The summed E-state index contributed by atoms with van der Waals surface area (Å²) in [5.41, 5.74) is 0. The Morgan fingerprint density at radius 1 is 1.22 bits per heavy atom. The van der Waals surface area contributed by atoms with E-state index < -0.39 is 9.84 Å². The first-order chi connectivity index (χ1) is 8.53. The maximum absolute atomic E-state index is 12.5. The van der Waals surface area contributed by atoms with Crippen molar-refractivity contribution >= 4 is 15.7 Å². The Kier molecular flexibility index (Phi) is 4.30. The summed E-state index contributed by atoms with van der Waals surface area (Å²) in [5, 5.41) is 0. The van der Waals surface area contributed by atoms with Gasteiger partial charge in [-0.1, -0.05) is 19.8 Å². The predicted octanol–water partition coefficient (Wildman–Crippen LogP) is 1.60. The fraction of sp³-hybridized carbons (Fsp3) is 0.923. The van der Waals surface area contributed by atoms with Crippen molar-refractivity contribution in [3.05, 3.63) is 0 Å². The summed E-state index contributed by atoms with van der Waals surface area (Å²) in [4.78, 5) is 14.3. The van der Waals surface area contributed by atoms with Gasteiger partial charge in [-0.2, -0.15) is 0 Å². The van der Waals surface area contributed by atoms with E-state index in [9.17, 15) is 13.2 Å². The van der Waals surface area contributed by atoms with Gasteiger partial charge >= 0.3 is 0 Å². The molecule has 1 atom stereocenters. The molecule has 2 fully saturated rings. The Balaban J connectivity index is 2.05. The van der Waals surface area contributed by atoms with Crippen LogP contribution < -0.4 is 0 Å². The second kappa shape index (κ2) is 5.59. The second-order valence-electron chi connectivity index (χ2n) is 5.57. The molecule has 0 N–H and O–H groups in total. The average Bonchev–Trinajstić information content (AvgIpc) is 2.94. The van der Waals surface area contributed by atoms with Gasteiger partial charge in [-0.25, -0.2) is 8.42 Å². The molecule has 5 heteroatoms. The molecule has 1 saturated heterocycles. The number of rotatable bonds is 4. The van der Waals surface area contributed by atoms with Crippen molar-refractivity contribution in [2.75, 3.05) is 18.1 Å². The molecule has 0 radical (unpaired) electrons. The first-order valence-electron chi connectivity index (χ1n) is 7.04. The molecule has 18 heavy (non-hydrogen) atoms. The van der Waals surface area contributed by atoms with Gasteiger partial charge in [0.15, 0.2) is 9.84 Å². The summed E-state index contributed by atoms with van der Waals surface area (Å²) in [5.74, 6) is 0.776. The molecule has 1 unspecified atom stereocenters. The molecule has 1 saturated carbocycles. The van der Waals surface area contributed by atoms with Crippen LogP contribution in [0, 0.1) is 5.92 Å². The van der Waals surface area contributed by atoms with E-state index in [0.717, 1.165) is 32.1 Å². The summed E-state index contributed by atoms with van der Waals surface area (Å²) in [6, 6.07) is -0.0666. The highest BCUT2D eigenvalue weighted by Gasteiger charge is 2.37. The average molecular weight is 273 g/mol. The zero-order valence-corrected chi connectivity index (χ0v) is 11.9. The molecular weight excluding hydrogens is 250 g/mol. The number of amides is 1. The van der Waals surface area contributed by atoms with Crippen LogP contribution in [0.5, 0.6) is 0 Å². The minimum absolute atomic E-state index is 0.0666. The fourth-order valence-electron chi connectivity index (χ4n) is 3.14. The van der Waals surface area contributed by atoms with Crippen LogP contribution in [-0.2, 0) is 14.6 Å². The van der Waals surface area contributed by atoms with Crippen molar-refractivity contribution in [1.29, 1.82) is 0 Å². The molecular formula is C13H23NO3S. The molecule has 0 bridgehead atoms. The number of nitrogens with zero attached hydrogens (tertiary/aromatic N) is 1. The first-order valence-corrected chi connectivity index (χ1v) is 8.86. The highest BCUT2D eigenvalue weighted by atomic mass is 32.2. The molecule has 0 aromatic carbocycles. The maximum atomic E-state index is 12.5. The first kappa shape index (κ1) is 13.8. The summed E-state index contributed by atoms with van der Waals surface area (Å²) in [6.07, 6.45) is 5.77. The van der Waals surface area contributed by atoms with E-state index in [0.29, 0.717) is 13.0 Å². The Bertz CT molecular complexity index is 398. The summed E-state index contributed by atoms with van der Waals surface area (Å²) < 4.78 is 23.1. The largest absolute Gasteiger partial charge is 0.338 e. The van der Waals surface area contributed by atoms with Gasteiger partial charge in [0.1, 0.15) is 0 Å². The highest BCUT2D eigenvalue weighted by Crippen LogP contribution is 2.29. The predicted molar refractivity (Wildman–Crippen MR) is 71.0 cm³/mol. The molecule has 0 aromatic heterocycles. The third-order valence-electron chi connectivity index (χ3n) is 4.10. The second-order valence-corrected chi connectivity index (χ2v) is 7.80. The van der Waals surface area contributed by atoms with Crippen LogP contribution in [0.1, 0.15) is 45.4 Å². The lowest BCUT2D eigenvalue weighted by molar-refractivity contribution is -0.137. The summed E-state index contributed by atoms with van der Waals surface area (Å²) in [7, 11) is -2.91. The molecule has 1 aliphatic carbocycles. The molecule has 1 heterocycles. The smallest absolute Gasteiger partial charge is 0.225 e. The standard InChI is InChI=1S/C13H23NO3S/c1-2-8-14(12-7-9-18(16,17)10-12)13(15)11-5-3-4-6-11/h11-12H,2-10H2,1H3. The van der Waals surface area contributed by atoms with Crippen LogP contribution in [-0.4, -0.2) is 43.3 Å². The quantitative estimate of drug-likeness (QED) is 0.782. The van der Waals surface area contributed by atoms with E-state index in [-0.39, 0.29) is 29.4 Å². The van der Waals surface area contributed by atoms with Gasteiger partial charge in [0.25, 0.3) is 0 Å². The zero-order valence-electron chi connectivity index (χ0n) is 11.1. The van der Waals surface area contributed by atoms with E-state index in [2.05, 4.69) is 0 Å². The van der Waals surface area contributed by atoms with Crippen LogP contribution in [0.25, 0.3) is 0 Å². The number of hydrogen-bond donors (Lipinski definition) is 0. The van der Waals surface area contributed by atoms with Crippen LogP contribution in [0.4, 0.5) is 0 Å². The van der Waals surface area contributed by atoms with Crippen LogP contribution in [0.2, 0.25) is 0 Å². The van der Waals surface area contributed by atoms with Gasteiger partial charge in [-0.05, 0) is 25.7 Å². The molecule has 1 amide bonds. The van der Waals surface area contributed by atoms with Gasteiger partial charge in [0.05, 0.1) is 11.5 Å². The third kappa shape index (κ3) is 3.05. The van der Waals surface area contributed by atoms with Gasteiger partial charge in [0.2, 0.25) is 5.91 Å². The Morgan fingerprint density at radius 2 is 1.89 bits per heavy atom. The van der Waals surface area contributed by atoms with Crippen molar-refractivity contribution in [2.45, 2.75) is 51.5 Å². The minimum atomic E-state index is -2.91. The van der Waals surface area contributed by atoms with E-state index in [4.69, 9.17) is 0 Å². The maximum Gasteiger partial charge on any atom is 0.225 e. The van der Waals surface area contributed by atoms with Crippen molar-refractivity contribution in [2.24, 2.45) is 5.92 Å². The summed E-state index contributed by atoms with van der Waals surface area (Å²) >= 11 is 0. The van der Waals surface area contributed by atoms with Gasteiger partial charge in [-0.3, -0.25) is 4.79 Å². The molecule has 2 aliphatic rings. The number of hydrogen-bond acceptors (Lipinski definition) is 3. The lowest BCUT2D eigenvalue weighted by Gasteiger charge is -2.30. The zero-order chi connectivity index (χ0) is 13.2. The molecule has 2 rings (SSSR count). The Hall–Kier alpha value is -0.580. The van der Waals surface area contributed by atoms with Crippen LogP contribution in [0.15, 0.2) is 0 Å². The fourth-order valence-corrected chi connectivity index (χ4v) is 4.87. The van der Waals surface area contributed by atoms with Gasteiger partial charge in [0, 0.05) is 18.5 Å². The number of carbonyl (C=O) groups is 1. The lowest BCUT2D eigenvalue weighted by atomic mass is 10.0. The van der Waals surface area contributed by atoms with Crippen molar-refractivity contribution in [3.8, 4) is 0 Å². The molecule has 104 valence electrons. The number of sulfone groups is 1. The Morgan fingerprint density at radius 3 is 2.39 bits per heavy atom. The van der Waals surface area contributed by atoms with Crippen molar-refractivity contribution < 1.29 is 13.2 Å². The SMILES string of the molecule is CCCN(C(=O)C1CCCC1)C1CCS(=O)(=O)C1. The van der Waals surface area contributed by atoms with Crippen molar-refractivity contribution in [1.82, 2.24) is 4.90 Å². The van der Waals surface area contributed by atoms with Crippen LogP contribution >= 0.6 is 0 Å². The topological polar surface area (TPSA) is 54.5 Å². The van der Waals surface area contributed by atoms with E-state index in [1.54, 1.807) is 0 Å². The van der Waals surface area contributed by atoms with E-state index >= 15 is 0 Å². The Labute approximate surface area is 110 Å².